The molecule has 0 saturated heterocycles. The number of nitrogens with zero attached hydrogens (tertiary/aromatic N) is 1. The Balaban J connectivity index is 1.79. The molecular weight excluding hydrogens is 393 g/mol. The van der Waals surface area contributed by atoms with E-state index in [-0.39, 0.29) is 17.3 Å². The lowest BCUT2D eigenvalue weighted by molar-refractivity contribution is 0.266. The molecule has 3 aromatic carbocycles. The first kappa shape index (κ1) is 20.5. The number of halogens is 1. The summed E-state index contributed by atoms with van der Waals surface area (Å²) in [6.45, 7) is 2.25. The zero-order valence-corrected chi connectivity index (χ0v) is 16.6. The maximum Gasteiger partial charge on any atom is 0.282 e. The van der Waals surface area contributed by atoms with E-state index in [1.807, 2.05) is 6.92 Å². The molecule has 0 unspecified atom stereocenters. The van der Waals surface area contributed by atoms with Gasteiger partial charge in [0.15, 0.2) is 11.5 Å². The molecule has 0 aliphatic heterocycles. The average Bonchev–Trinajstić information content (AvgIpc) is 2.73. The van der Waals surface area contributed by atoms with Gasteiger partial charge >= 0.3 is 0 Å². The van der Waals surface area contributed by atoms with E-state index < -0.39 is 10.0 Å². The Bertz CT molecular complexity index is 1100. The molecule has 0 aromatic heterocycles. The lowest BCUT2D eigenvalue weighted by atomic mass is 10.2. The Morgan fingerprint density at radius 3 is 2.38 bits per heavy atom. The molecule has 0 fully saturated rings. The summed E-state index contributed by atoms with van der Waals surface area (Å²) in [4.78, 5) is 0.117. The fourth-order valence-corrected chi connectivity index (χ4v) is 3.43. The molecule has 5 nitrogen and oxygen atoms in total. The molecule has 0 aliphatic rings. The second kappa shape index (κ2) is 9.34. The summed E-state index contributed by atoms with van der Waals surface area (Å²) in [6.07, 6.45) is 1.26. The van der Waals surface area contributed by atoms with Crippen LogP contribution < -0.4 is 9.47 Å². The van der Waals surface area contributed by atoms with Crippen LogP contribution in [0.15, 0.2) is 82.1 Å². The monoisotopic (exact) mass is 413 g/mol. The van der Waals surface area contributed by atoms with E-state index in [0.717, 1.165) is 0 Å². The topological polar surface area (TPSA) is 65.0 Å². The van der Waals surface area contributed by atoms with E-state index in [9.17, 15) is 12.8 Å². The van der Waals surface area contributed by atoms with Crippen LogP contribution in [0.2, 0.25) is 0 Å². The Morgan fingerprint density at radius 2 is 1.66 bits per heavy atom. The molecule has 0 aliphatic carbocycles. The fraction of sp³-hybridized carbons (Fsp3) is 0.136. The fourth-order valence-electron chi connectivity index (χ4n) is 2.55. The van der Waals surface area contributed by atoms with Gasteiger partial charge in [0.2, 0.25) is 0 Å². The average molecular weight is 413 g/mol. The van der Waals surface area contributed by atoms with E-state index in [2.05, 4.69) is 4.40 Å². The van der Waals surface area contributed by atoms with Crippen molar-refractivity contribution < 1.29 is 22.3 Å². The van der Waals surface area contributed by atoms with Gasteiger partial charge in [0, 0.05) is 11.8 Å². The standard InChI is InChI=1S/C22H20FNO4S/c1-2-27-22-14-17(15-24-29(25,26)19-9-4-3-5-10-19)12-13-21(22)28-16-18-8-6-7-11-20(18)23/h3-15H,2,16H2,1H3/b24-15-. The van der Waals surface area contributed by atoms with E-state index in [0.29, 0.717) is 29.2 Å². The quantitative estimate of drug-likeness (QED) is 0.506. The number of hydrogen-bond donors (Lipinski definition) is 0. The number of benzene rings is 3. The van der Waals surface area contributed by atoms with E-state index in [4.69, 9.17) is 9.47 Å². The second-order valence-corrected chi connectivity index (χ2v) is 7.67. The summed E-state index contributed by atoms with van der Waals surface area (Å²) >= 11 is 0. The Morgan fingerprint density at radius 1 is 0.931 bits per heavy atom. The van der Waals surface area contributed by atoms with Gasteiger partial charge in [0.05, 0.1) is 11.5 Å². The van der Waals surface area contributed by atoms with Crippen molar-refractivity contribution in [2.75, 3.05) is 6.61 Å². The molecular formula is C22H20FNO4S. The van der Waals surface area contributed by atoms with Gasteiger partial charge in [-0.15, -0.1) is 0 Å². The van der Waals surface area contributed by atoms with Gasteiger partial charge in [0.25, 0.3) is 10.0 Å². The number of sulfonamides is 1. The Kier molecular flexibility index (Phi) is 6.61. The third kappa shape index (κ3) is 5.42. The van der Waals surface area contributed by atoms with Crippen molar-refractivity contribution >= 4 is 16.2 Å². The summed E-state index contributed by atoms with van der Waals surface area (Å²) in [5.74, 6) is 0.503. The highest BCUT2D eigenvalue weighted by Gasteiger charge is 2.12. The van der Waals surface area contributed by atoms with Crippen LogP contribution in [0, 0.1) is 5.82 Å². The zero-order chi connectivity index (χ0) is 20.7. The van der Waals surface area contributed by atoms with Crippen LogP contribution in [0.5, 0.6) is 11.5 Å². The van der Waals surface area contributed by atoms with Crippen LogP contribution in [-0.4, -0.2) is 21.2 Å². The van der Waals surface area contributed by atoms with Crippen LogP contribution in [0.25, 0.3) is 0 Å². The first-order valence-electron chi connectivity index (χ1n) is 8.98. The van der Waals surface area contributed by atoms with Gasteiger partial charge in [-0.3, -0.25) is 0 Å². The normalized spacial score (nSPS) is 11.5. The van der Waals surface area contributed by atoms with Crippen molar-refractivity contribution in [3.63, 3.8) is 0 Å². The van der Waals surface area contributed by atoms with Crippen LogP contribution in [0.4, 0.5) is 4.39 Å². The molecule has 0 bridgehead atoms. The molecule has 29 heavy (non-hydrogen) atoms. The SMILES string of the molecule is CCOc1cc(/C=N\S(=O)(=O)c2ccccc2)ccc1OCc1ccccc1F. The molecule has 0 heterocycles. The first-order valence-corrected chi connectivity index (χ1v) is 10.4. The van der Waals surface area contributed by atoms with Gasteiger partial charge in [-0.2, -0.15) is 12.8 Å². The van der Waals surface area contributed by atoms with Crippen molar-refractivity contribution in [1.29, 1.82) is 0 Å². The third-order valence-corrected chi connectivity index (χ3v) is 5.24. The second-order valence-electron chi connectivity index (χ2n) is 6.04. The van der Waals surface area contributed by atoms with Crippen molar-refractivity contribution in [2.45, 2.75) is 18.4 Å². The maximum absolute atomic E-state index is 13.8. The Labute approximate surface area is 169 Å². The minimum absolute atomic E-state index is 0.0442. The van der Waals surface area contributed by atoms with E-state index in [1.54, 1.807) is 54.6 Å². The van der Waals surface area contributed by atoms with Crippen LogP contribution in [0.3, 0.4) is 0 Å². The predicted octanol–water partition coefficient (Wildman–Crippen LogP) is 4.61. The van der Waals surface area contributed by atoms with E-state index >= 15 is 0 Å². The first-order chi connectivity index (χ1) is 14.0. The van der Waals surface area contributed by atoms with Gasteiger partial charge in [-0.1, -0.05) is 36.4 Å². The lowest BCUT2D eigenvalue weighted by Crippen LogP contribution is -2.02. The highest BCUT2D eigenvalue weighted by Crippen LogP contribution is 2.29. The molecule has 0 radical (unpaired) electrons. The molecule has 0 atom stereocenters. The highest BCUT2D eigenvalue weighted by molar-refractivity contribution is 7.90. The number of hydrogen-bond acceptors (Lipinski definition) is 4. The van der Waals surface area contributed by atoms with Gasteiger partial charge in [-0.25, -0.2) is 4.39 Å². The van der Waals surface area contributed by atoms with Crippen LogP contribution >= 0.6 is 0 Å². The minimum Gasteiger partial charge on any atom is -0.490 e. The number of ether oxygens (including phenoxy) is 2. The molecule has 0 spiro atoms. The van der Waals surface area contributed by atoms with Gasteiger partial charge in [-0.05, 0) is 48.9 Å². The largest absolute Gasteiger partial charge is 0.490 e. The van der Waals surface area contributed by atoms with Crippen molar-refractivity contribution in [3.8, 4) is 11.5 Å². The molecule has 0 saturated carbocycles. The molecule has 0 N–H and O–H groups in total. The summed E-state index contributed by atoms with van der Waals surface area (Å²) in [6, 6.07) is 19.3. The van der Waals surface area contributed by atoms with E-state index in [1.165, 1.54) is 24.4 Å². The molecule has 0 amide bonds. The number of rotatable bonds is 8. The van der Waals surface area contributed by atoms with Crippen molar-refractivity contribution in [3.05, 3.63) is 89.7 Å². The van der Waals surface area contributed by atoms with Crippen molar-refractivity contribution in [1.82, 2.24) is 0 Å². The zero-order valence-electron chi connectivity index (χ0n) is 15.8. The third-order valence-electron chi connectivity index (χ3n) is 3.99. The van der Waals surface area contributed by atoms with Crippen LogP contribution in [0.1, 0.15) is 18.1 Å². The molecule has 3 rings (SSSR count). The van der Waals surface area contributed by atoms with Crippen molar-refractivity contribution in [2.24, 2.45) is 4.40 Å². The predicted molar refractivity (Wildman–Crippen MR) is 110 cm³/mol. The summed E-state index contributed by atoms with van der Waals surface area (Å²) in [7, 11) is -3.79. The smallest absolute Gasteiger partial charge is 0.282 e. The van der Waals surface area contributed by atoms with Gasteiger partial charge in [0.1, 0.15) is 12.4 Å². The summed E-state index contributed by atoms with van der Waals surface area (Å²) in [5, 5.41) is 0. The molecule has 7 heteroatoms. The van der Waals surface area contributed by atoms with Gasteiger partial charge < -0.3 is 9.47 Å². The Hall–Kier alpha value is -3.19. The highest BCUT2D eigenvalue weighted by atomic mass is 32.2. The lowest BCUT2D eigenvalue weighted by Gasteiger charge is -2.13. The molecule has 150 valence electrons. The summed E-state index contributed by atoms with van der Waals surface area (Å²) in [5.41, 5.74) is 0.959. The van der Waals surface area contributed by atoms with Crippen LogP contribution in [-0.2, 0) is 16.6 Å². The molecule has 3 aromatic rings. The minimum atomic E-state index is -3.79. The summed E-state index contributed by atoms with van der Waals surface area (Å²) < 4.78 is 53.4. The maximum atomic E-state index is 13.8.